The second kappa shape index (κ2) is 6.26. The van der Waals surface area contributed by atoms with Crippen LogP contribution in [-0.2, 0) is 0 Å². The Balaban J connectivity index is 3.28. The van der Waals surface area contributed by atoms with E-state index in [1.807, 2.05) is 6.92 Å². The van der Waals surface area contributed by atoms with Crippen LogP contribution in [0.5, 0.6) is 0 Å². The summed E-state index contributed by atoms with van der Waals surface area (Å²) in [5.74, 6) is -4.59. The largest absolute Gasteiger partial charge is 0.478 e. The average molecular weight is 271 g/mol. The molecule has 6 heteroatoms. The molecule has 0 aliphatic carbocycles. The van der Waals surface area contributed by atoms with Crippen LogP contribution in [-0.4, -0.2) is 35.0 Å². The predicted octanol–water partition coefficient (Wildman–Crippen LogP) is 2.54. The van der Waals surface area contributed by atoms with Crippen LogP contribution in [0, 0.1) is 11.6 Å². The first-order valence-electron chi connectivity index (χ1n) is 5.93. The Morgan fingerprint density at radius 3 is 2.11 bits per heavy atom. The van der Waals surface area contributed by atoms with Crippen LogP contribution in [0.25, 0.3) is 0 Å². The van der Waals surface area contributed by atoms with Gasteiger partial charge in [0.25, 0.3) is 5.91 Å². The fourth-order valence-corrected chi connectivity index (χ4v) is 1.74. The van der Waals surface area contributed by atoms with Crippen molar-refractivity contribution in [3.63, 3.8) is 0 Å². The first-order valence-corrected chi connectivity index (χ1v) is 5.93. The molecule has 104 valence electrons. The Kier molecular flexibility index (Phi) is 4.97. The lowest BCUT2D eigenvalue weighted by molar-refractivity contribution is 0.0675. The maximum atomic E-state index is 13.2. The first-order chi connectivity index (χ1) is 8.92. The molecule has 0 saturated carbocycles. The summed E-state index contributed by atoms with van der Waals surface area (Å²) < 4.78 is 26.2. The van der Waals surface area contributed by atoms with Gasteiger partial charge in [0, 0.05) is 13.1 Å². The van der Waals surface area contributed by atoms with Crippen LogP contribution in [0.1, 0.15) is 41.0 Å². The van der Waals surface area contributed by atoms with Crippen LogP contribution >= 0.6 is 0 Å². The highest BCUT2D eigenvalue weighted by Crippen LogP contribution is 2.17. The molecular weight excluding hydrogens is 256 g/mol. The summed E-state index contributed by atoms with van der Waals surface area (Å²) >= 11 is 0. The SMILES string of the molecule is CCCN(CC)C(=O)c1cc(F)c(F)cc1C(=O)O. The highest BCUT2D eigenvalue weighted by molar-refractivity contribution is 6.04. The van der Waals surface area contributed by atoms with Crippen LogP contribution < -0.4 is 0 Å². The molecule has 1 N–H and O–H groups in total. The summed E-state index contributed by atoms with van der Waals surface area (Å²) in [7, 11) is 0. The van der Waals surface area contributed by atoms with Crippen molar-refractivity contribution in [1.82, 2.24) is 4.90 Å². The molecule has 1 amide bonds. The Bertz CT molecular complexity index is 503. The third-order valence-electron chi connectivity index (χ3n) is 2.68. The molecule has 1 rings (SSSR count). The zero-order chi connectivity index (χ0) is 14.6. The second-order valence-electron chi connectivity index (χ2n) is 4.00. The number of halogens is 2. The standard InChI is InChI=1S/C13H15F2NO3/c1-3-5-16(4-2)12(17)8-6-10(14)11(15)7-9(8)13(18)19/h6-7H,3-5H2,1-2H3,(H,18,19). The number of nitrogens with zero attached hydrogens (tertiary/aromatic N) is 1. The summed E-state index contributed by atoms with van der Waals surface area (Å²) in [6, 6.07) is 1.17. The molecule has 0 unspecified atom stereocenters. The van der Waals surface area contributed by atoms with Crippen molar-refractivity contribution < 1.29 is 23.5 Å². The molecule has 1 aromatic carbocycles. The number of amides is 1. The summed E-state index contributed by atoms with van der Waals surface area (Å²) in [6.07, 6.45) is 0.686. The third kappa shape index (κ3) is 3.27. The zero-order valence-electron chi connectivity index (χ0n) is 10.7. The van der Waals surface area contributed by atoms with Crippen LogP contribution in [0.4, 0.5) is 8.78 Å². The number of rotatable bonds is 5. The molecule has 1 aromatic rings. The van der Waals surface area contributed by atoms with Gasteiger partial charge in [-0.05, 0) is 25.5 Å². The number of carbonyl (C=O) groups is 2. The molecule has 0 aliphatic heterocycles. The van der Waals surface area contributed by atoms with Gasteiger partial charge in [-0.1, -0.05) is 6.92 Å². The fourth-order valence-electron chi connectivity index (χ4n) is 1.74. The number of hydrogen-bond donors (Lipinski definition) is 1. The maximum absolute atomic E-state index is 13.2. The number of carbonyl (C=O) groups excluding carboxylic acids is 1. The molecule has 0 radical (unpaired) electrons. The molecule has 0 spiro atoms. The Morgan fingerprint density at radius 2 is 1.68 bits per heavy atom. The number of hydrogen-bond acceptors (Lipinski definition) is 2. The van der Waals surface area contributed by atoms with Crippen molar-refractivity contribution in [2.45, 2.75) is 20.3 Å². The summed E-state index contributed by atoms with van der Waals surface area (Å²) in [5.41, 5.74) is -0.861. The molecule has 0 bridgehead atoms. The average Bonchev–Trinajstić information content (AvgIpc) is 2.37. The lowest BCUT2D eigenvalue weighted by atomic mass is 10.1. The van der Waals surface area contributed by atoms with E-state index in [1.165, 1.54) is 4.90 Å². The second-order valence-corrected chi connectivity index (χ2v) is 4.00. The first kappa shape index (κ1) is 15.1. The van der Waals surface area contributed by atoms with Gasteiger partial charge in [-0.25, -0.2) is 13.6 Å². The normalized spacial score (nSPS) is 10.3. The van der Waals surface area contributed by atoms with Gasteiger partial charge in [-0.3, -0.25) is 4.79 Å². The lowest BCUT2D eigenvalue weighted by Gasteiger charge is -2.21. The van der Waals surface area contributed by atoms with E-state index in [2.05, 4.69) is 0 Å². The molecular formula is C13H15F2NO3. The number of aromatic carboxylic acids is 1. The quantitative estimate of drug-likeness (QED) is 0.895. The summed E-state index contributed by atoms with van der Waals surface area (Å²) in [6.45, 7) is 4.38. The number of carboxylic acids is 1. The number of benzene rings is 1. The molecule has 19 heavy (non-hydrogen) atoms. The smallest absolute Gasteiger partial charge is 0.336 e. The zero-order valence-corrected chi connectivity index (χ0v) is 10.7. The van der Waals surface area contributed by atoms with E-state index in [4.69, 9.17) is 5.11 Å². The van der Waals surface area contributed by atoms with Gasteiger partial charge < -0.3 is 10.0 Å². The minimum Gasteiger partial charge on any atom is -0.478 e. The van der Waals surface area contributed by atoms with Gasteiger partial charge in [-0.15, -0.1) is 0 Å². The van der Waals surface area contributed by atoms with Gasteiger partial charge in [0.05, 0.1) is 11.1 Å². The van der Waals surface area contributed by atoms with E-state index in [9.17, 15) is 18.4 Å². The lowest BCUT2D eigenvalue weighted by Crippen LogP contribution is -2.32. The van der Waals surface area contributed by atoms with E-state index >= 15 is 0 Å². The van der Waals surface area contributed by atoms with E-state index in [1.54, 1.807) is 6.92 Å². The molecule has 4 nitrogen and oxygen atoms in total. The molecule has 0 fully saturated rings. The highest BCUT2D eigenvalue weighted by atomic mass is 19.2. The van der Waals surface area contributed by atoms with Gasteiger partial charge in [0.2, 0.25) is 0 Å². The van der Waals surface area contributed by atoms with Crippen LogP contribution in [0.2, 0.25) is 0 Å². The molecule has 0 heterocycles. The van der Waals surface area contributed by atoms with Crippen molar-refractivity contribution in [2.24, 2.45) is 0 Å². The van der Waals surface area contributed by atoms with Crippen molar-refractivity contribution in [1.29, 1.82) is 0 Å². The Hall–Kier alpha value is -1.98. The van der Waals surface area contributed by atoms with Crippen molar-refractivity contribution in [3.8, 4) is 0 Å². The fraction of sp³-hybridized carbons (Fsp3) is 0.385. The predicted molar refractivity (Wildman–Crippen MR) is 65.2 cm³/mol. The maximum Gasteiger partial charge on any atom is 0.336 e. The monoisotopic (exact) mass is 271 g/mol. The van der Waals surface area contributed by atoms with E-state index in [0.29, 0.717) is 31.6 Å². The minimum atomic E-state index is -1.46. The topological polar surface area (TPSA) is 57.6 Å². The molecule has 0 aliphatic rings. The Labute approximate surface area is 109 Å². The molecule has 0 saturated heterocycles. The van der Waals surface area contributed by atoms with Crippen molar-refractivity contribution in [3.05, 3.63) is 34.9 Å². The van der Waals surface area contributed by atoms with E-state index in [-0.39, 0.29) is 5.56 Å². The Morgan fingerprint density at radius 1 is 1.16 bits per heavy atom. The minimum absolute atomic E-state index is 0.332. The third-order valence-corrected chi connectivity index (χ3v) is 2.68. The van der Waals surface area contributed by atoms with E-state index < -0.39 is 29.1 Å². The summed E-state index contributed by atoms with van der Waals surface area (Å²) in [4.78, 5) is 24.5. The van der Waals surface area contributed by atoms with E-state index in [0.717, 1.165) is 0 Å². The van der Waals surface area contributed by atoms with Gasteiger partial charge in [0.15, 0.2) is 11.6 Å². The van der Waals surface area contributed by atoms with Crippen molar-refractivity contribution in [2.75, 3.05) is 13.1 Å². The van der Waals surface area contributed by atoms with Crippen molar-refractivity contribution >= 4 is 11.9 Å². The van der Waals surface area contributed by atoms with Gasteiger partial charge in [-0.2, -0.15) is 0 Å². The van der Waals surface area contributed by atoms with Gasteiger partial charge >= 0.3 is 5.97 Å². The molecule has 0 aromatic heterocycles. The summed E-state index contributed by atoms with van der Waals surface area (Å²) in [5, 5.41) is 8.95. The highest BCUT2D eigenvalue weighted by Gasteiger charge is 2.23. The van der Waals surface area contributed by atoms with Gasteiger partial charge in [0.1, 0.15) is 0 Å². The molecule has 0 atom stereocenters. The number of carboxylic acid groups (broad SMARTS) is 1. The van der Waals surface area contributed by atoms with Crippen LogP contribution in [0.15, 0.2) is 12.1 Å². The van der Waals surface area contributed by atoms with Crippen LogP contribution in [0.3, 0.4) is 0 Å².